The Morgan fingerprint density at radius 2 is 2.35 bits per heavy atom. The minimum atomic E-state index is -1.13. The molecule has 1 aliphatic heterocycles. The van der Waals surface area contributed by atoms with Crippen LogP contribution >= 0.6 is 11.6 Å². The van der Waals surface area contributed by atoms with E-state index < -0.39 is 37.2 Å². The minimum absolute atomic E-state index is 0.0483. The molecule has 0 saturated carbocycles. The number of halogens is 1. The minimum Gasteiger partial charge on any atom is -0.394 e. The van der Waals surface area contributed by atoms with Crippen LogP contribution in [0.1, 0.15) is 6.42 Å². The van der Waals surface area contributed by atoms with Crippen LogP contribution in [0.4, 0.5) is 4.79 Å². The van der Waals surface area contributed by atoms with Crippen molar-refractivity contribution in [3.63, 3.8) is 0 Å². The average Bonchev–Trinajstić information content (AvgIpc) is 2.46. The molecule has 2 amide bonds. The molecule has 9 nitrogen and oxygen atoms in total. The zero-order valence-electron chi connectivity index (χ0n) is 10.9. The Bertz CT molecular complexity index is 334. The van der Waals surface area contributed by atoms with E-state index in [-0.39, 0.29) is 18.8 Å². The zero-order valence-corrected chi connectivity index (χ0v) is 11.7. The fourth-order valence-corrected chi connectivity index (χ4v) is 2.04. The van der Waals surface area contributed by atoms with Gasteiger partial charge in [0.2, 0.25) is 0 Å². The molecule has 1 saturated heterocycles. The lowest BCUT2D eigenvalue weighted by atomic mass is 9.99. The van der Waals surface area contributed by atoms with Gasteiger partial charge in [0.1, 0.15) is 12.2 Å². The highest BCUT2D eigenvalue weighted by atomic mass is 35.5. The number of methoxy groups -OCH3 is 1. The van der Waals surface area contributed by atoms with Gasteiger partial charge in [0.15, 0.2) is 6.29 Å². The molecule has 1 rings (SSSR count). The maximum atomic E-state index is 11.8. The van der Waals surface area contributed by atoms with Crippen molar-refractivity contribution in [1.82, 2.24) is 10.3 Å². The molecule has 0 aliphatic carbocycles. The van der Waals surface area contributed by atoms with E-state index in [0.29, 0.717) is 5.01 Å². The summed E-state index contributed by atoms with van der Waals surface area (Å²) in [6.07, 6.45) is -2.51. The fraction of sp³-hybridized carbons (Fsp3) is 0.900. The number of hydrogen-bond donors (Lipinski definition) is 3. The van der Waals surface area contributed by atoms with E-state index in [2.05, 4.69) is 10.6 Å². The Kier molecular flexibility index (Phi) is 7.10. The Labute approximate surface area is 120 Å². The van der Waals surface area contributed by atoms with Gasteiger partial charge >= 0.3 is 6.03 Å². The van der Waals surface area contributed by atoms with Crippen LogP contribution in [0.5, 0.6) is 0 Å². The fourth-order valence-electron chi connectivity index (χ4n) is 1.88. The predicted octanol–water partition coefficient (Wildman–Crippen LogP) is -0.599. The first-order valence-corrected chi connectivity index (χ1v) is 6.55. The first kappa shape index (κ1) is 17.1. The van der Waals surface area contributed by atoms with Crippen molar-refractivity contribution in [2.24, 2.45) is 5.29 Å². The summed E-state index contributed by atoms with van der Waals surface area (Å²) in [7, 11) is 1.41. The largest absolute Gasteiger partial charge is 0.394 e. The summed E-state index contributed by atoms with van der Waals surface area (Å²) in [5.41, 5.74) is 0. The van der Waals surface area contributed by atoms with Crippen LogP contribution in [0.2, 0.25) is 0 Å². The van der Waals surface area contributed by atoms with Crippen molar-refractivity contribution in [3.8, 4) is 0 Å². The van der Waals surface area contributed by atoms with Crippen molar-refractivity contribution >= 4 is 17.6 Å². The quantitative estimate of drug-likeness (QED) is 0.342. The summed E-state index contributed by atoms with van der Waals surface area (Å²) in [6.45, 7) is -0.474. The maximum Gasteiger partial charge on any atom is 0.340 e. The number of aliphatic hydroxyl groups is 2. The van der Waals surface area contributed by atoms with E-state index in [9.17, 15) is 14.8 Å². The lowest BCUT2D eigenvalue weighted by Gasteiger charge is -2.38. The summed E-state index contributed by atoms with van der Waals surface area (Å²) in [6, 6.07) is -1.52. The number of carbonyl (C=O) groups excluding carboxylic acids is 1. The van der Waals surface area contributed by atoms with Crippen LogP contribution in [0, 0.1) is 4.91 Å². The molecule has 0 bridgehead atoms. The number of alkyl halides is 1. The van der Waals surface area contributed by atoms with E-state index in [0.717, 1.165) is 0 Å². The van der Waals surface area contributed by atoms with Crippen molar-refractivity contribution < 1.29 is 24.5 Å². The van der Waals surface area contributed by atoms with Gasteiger partial charge in [0.05, 0.1) is 24.5 Å². The van der Waals surface area contributed by atoms with Crippen molar-refractivity contribution in [3.05, 3.63) is 4.91 Å². The van der Waals surface area contributed by atoms with Crippen molar-refractivity contribution in [1.29, 1.82) is 0 Å². The molecule has 0 spiro atoms. The smallest absolute Gasteiger partial charge is 0.340 e. The second kappa shape index (κ2) is 8.32. The first-order chi connectivity index (χ1) is 9.57. The van der Waals surface area contributed by atoms with Crippen LogP contribution in [0.15, 0.2) is 5.29 Å². The second-order valence-corrected chi connectivity index (χ2v) is 4.58. The third-order valence-electron chi connectivity index (χ3n) is 2.95. The van der Waals surface area contributed by atoms with Gasteiger partial charge in [-0.25, -0.2) is 4.79 Å². The lowest BCUT2D eigenvalue weighted by molar-refractivity contribution is -0.227. The van der Waals surface area contributed by atoms with Gasteiger partial charge in [-0.15, -0.1) is 16.5 Å². The molecular formula is C10H18ClN3O6. The molecule has 1 heterocycles. The van der Waals surface area contributed by atoms with Crippen LogP contribution in [-0.2, 0) is 9.47 Å². The molecule has 0 aromatic carbocycles. The molecule has 1 fully saturated rings. The second-order valence-electron chi connectivity index (χ2n) is 4.20. The zero-order chi connectivity index (χ0) is 15.1. The highest BCUT2D eigenvalue weighted by Gasteiger charge is 2.38. The molecule has 116 valence electrons. The number of nitrogens with one attached hydrogen (secondary N) is 1. The monoisotopic (exact) mass is 311 g/mol. The van der Waals surface area contributed by atoms with Gasteiger partial charge in [0.25, 0.3) is 0 Å². The standard InChI is InChI=1S/C10H18ClN3O6/c1-19-8-4-6(9(16)7(5-15)20-8)12-10(17)14(13-18)3-2-11/h6-9,15-16H,2-5H2,1H3,(H,12,17)/t6-,7+,8-,9-/m0/s1. The molecule has 20 heavy (non-hydrogen) atoms. The third-order valence-corrected chi connectivity index (χ3v) is 3.12. The Morgan fingerprint density at radius 3 is 2.85 bits per heavy atom. The topological polar surface area (TPSA) is 121 Å². The van der Waals surface area contributed by atoms with Gasteiger partial charge in [0, 0.05) is 19.4 Å². The molecule has 0 radical (unpaired) electrons. The van der Waals surface area contributed by atoms with Gasteiger partial charge in [-0.05, 0) is 0 Å². The van der Waals surface area contributed by atoms with Gasteiger partial charge in [-0.2, -0.15) is 5.01 Å². The third kappa shape index (κ3) is 4.25. The SMILES string of the molecule is CO[C@@H]1C[C@H](NC(=O)N(CCCl)N=O)[C@H](O)[C@@H](CO)O1. The molecule has 10 heteroatoms. The van der Waals surface area contributed by atoms with E-state index in [1.165, 1.54) is 7.11 Å². The number of aliphatic hydroxyl groups excluding tert-OH is 2. The van der Waals surface area contributed by atoms with Gasteiger partial charge < -0.3 is 25.0 Å². The maximum absolute atomic E-state index is 11.8. The average molecular weight is 312 g/mol. The molecule has 3 N–H and O–H groups in total. The number of hydrogen-bond acceptors (Lipinski definition) is 7. The summed E-state index contributed by atoms with van der Waals surface area (Å²) in [4.78, 5) is 22.3. The first-order valence-electron chi connectivity index (χ1n) is 6.01. The molecule has 1 aliphatic rings. The van der Waals surface area contributed by atoms with E-state index in [4.69, 9.17) is 26.2 Å². The molecule has 0 aromatic heterocycles. The molecule has 0 aromatic rings. The van der Waals surface area contributed by atoms with Gasteiger partial charge in [-0.3, -0.25) is 0 Å². The summed E-state index contributed by atoms with van der Waals surface area (Å²) in [5, 5.41) is 24.7. The Morgan fingerprint density at radius 1 is 1.65 bits per heavy atom. The van der Waals surface area contributed by atoms with Crippen molar-refractivity contribution in [2.45, 2.75) is 31.0 Å². The molecule has 4 atom stereocenters. The van der Waals surface area contributed by atoms with Crippen LogP contribution in [0.3, 0.4) is 0 Å². The van der Waals surface area contributed by atoms with E-state index in [1.807, 2.05) is 0 Å². The number of rotatable bonds is 6. The molecule has 0 unspecified atom stereocenters. The highest BCUT2D eigenvalue weighted by Crippen LogP contribution is 2.21. The van der Waals surface area contributed by atoms with Crippen LogP contribution in [-0.4, -0.2) is 71.9 Å². The number of carbonyl (C=O) groups is 1. The summed E-state index contributed by atoms with van der Waals surface area (Å²) >= 11 is 5.44. The Hall–Kier alpha value is -1.00. The molecular weight excluding hydrogens is 294 g/mol. The summed E-state index contributed by atoms with van der Waals surface area (Å²) < 4.78 is 10.3. The van der Waals surface area contributed by atoms with Gasteiger partial charge in [-0.1, -0.05) is 0 Å². The number of amides is 2. The normalized spacial score (nSPS) is 29.8. The number of nitroso groups, excluding NO2 is 1. The van der Waals surface area contributed by atoms with E-state index >= 15 is 0 Å². The summed E-state index contributed by atoms with van der Waals surface area (Å²) in [5.74, 6) is 0.0510. The Balaban J connectivity index is 2.67. The lowest BCUT2D eigenvalue weighted by Crippen LogP contribution is -2.58. The number of nitrogens with zero attached hydrogens (tertiary/aromatic N) is 2. The predicted molar refractivity (Wildman–Crippen MR) is 68.9 cm³/mol. The number of ether oxygens (including phenoxy) is 2. The highest BCUT2D eigenvalue weighted by molar-refractivity contribution is 6.18. The van der Waals surface area contributed by atoms with Crippen LogP contribution in [0.25, 0.3) is 0 Å². The van der Waals surface area contributed by atoms with Crippen molar-refractivity contribution in [2.75, 3.05) is 26.1 Å². The number of urea groups is 1. The van der Waals surface area contributed by atoms with Crippen LogP contribution < -0.4 is 5.32 Å². The van der Waals surface area contributed by atoms with E-state index in [1.54, 1.807) is 0 Å².